The molecule has 0 radical (unpaired) electrons. The molecule has 2 rings (SSSR count). The molecule has 0 aliphatic carbocycles. The van der Waals surface area contributed by atoms with E-state index in [2.05, 4.69) is 10.9 Å². The topological polar surface area (TPSA) is 76.7 Å². The van der Waals surface area contributed by atoms with Crippen LogP contribution in [0.3, 0.4) is 0 Å². The van der Waals surface area contributed by atoms with E-state index < -0.39 is 5.91 Å². The Morgan fingerprint density at radius 3 is 2.30 bits per heavy atom. The van der Waals surface area contributed by atoms with Crippen LogP contribution in [0.4, 0.5) is 0 Å². The van der Waals surface area contributed by atoms with Crippen molar-refractivity contribution in [2.45, 2.75) is 34.1 Å². The van der Waals surface area contributed by atoms with E-state index in [9.17, 15) is 9.59 Å². The van der Waals surface area contributed by atoms with Crippen molar-refractivity contribution in [2.24, 2.45) is 0 Å². The summed E-state index contributed by atoms with van der Waals surface area (Å²) >= 11 is 0. The van der Waals surface area contributed by atoms with Gasteiger partial charge < -0.3 is 9.47 Å². The van der Waals surface area contributed by atoms with Gasteiger partial charge in [0.15, 0.2) is 11.5 Å². The monoisotopic (exact) mass is 370 g/mol. The highest BCUT2D eigenvalue weighted by Crippen LogP contribution is 2.28. The van der Waals surface area contributed by atoms with Gasteiger partial charge in [-0.25, -0.2) is 0 Å². The summed E-state index contributed by atoms with van der Waals surface area (Å²) in [6, 6.07) is 10.4. The van der Waals surface area contributed by atoms with Gasteiger partial charge in [0.2, 0.25) is 0 Å². The molecule has 0 aromatic heterocycles. The first kappa shape index (κ1) is 20.3. The molecule has 0 fully saturated rings. The van der Waals surface area contributed by atoms with E-state index >= 15 is 0 Å². The second-order valence-corrected chi connectivity index (χ2v) is 6.17. The normalized spacial score (nSPS) is 10.2. The van der Waals surface area contributed by atoms with E-state index in [1.807, 2.05) is 39.8 Å². The van der Waals surface area contributed by atoms with Crippen LogP contribution >= 0.6 is 0 Å². The molecule has 0 heterocycles. The lowest BCUT2D eigenvalue weighted by Crippen LogP contribution is -2.41. The zero-order valence-corrected chi connectivity index (χ0v) is 16.2. The minimum absolute atomic E-state index is 0.364. The lowest BCUT2D eigenvalue weighted by Gasteiger charge is -2.13. The molecule has 27 heavy (non-hydrogen) atoms. The highest BCUT2D eigenvalue weighted by molar-refractivity contribution is 6.00. The Hall–Kier alpha value is -3.02. The van der Waals surface area contributed by atoms with E-state index in [1.54, 1.807) is 24.3 Å². The van der Waals surface area contributed by atoms with Gasteiger partial charge in [-0.15, -0.1) is 0 Å². The third-order valence-corrected chi connectivity index (χ3v) is 3.88. The average Bonchev–Trinajstić information content (AvgIpc) is 2.65. The number of benzene rings is 2. The summed E-state index contributed by atoms with van der Waals surface area (Å²) < 4.78 is 11.2. The first-order valence-electron chi connectivity index (χ1n) is 9.03. The second-order valence-electron chi connectivity index (χ2n) is 6.17. The molecule has 0 aliphatic rings. The van der Waals surface area contributed by atoms with Crippen LogP contribution in [0.25, 0.3) is 0 Å². The maximum Gasteiger partial charge on any atom is 0.269 e. The number of hydrogen-bond donors (Lipinski definition) is 2. The summed E-state index contributed by atoms with van der Waals surface area (Å²) in [5.74, 6) is 0.291. The van der Waals surface area contributed by atoms with E-state index in [0.29, 0.717) is 35.8 Å². The molecule has 0 atom stereocenters. The van der Waals surface area contributed by atoms with E-state index in [-0.39, 0.29) is 5.91 Å². The van der Waals surface area contributed by atoms with Crippen molar-refractivity contribution in [3.63, 3.8) is 0 Å². The summed E-state index contributed by atoms with van der Waals surface area (Å²) in [7, 11) is 0. The Morgan fingerprint density at radius 2 is 1.63 bits per heavy atom. The van der Waals surface area contributed by atoms with Gasteiger partial charge in [-0.2, -0.15) is 0 Å². The summed E-state index contributed by atoms with van der Waals surface area (Å²) in [6.07, 6.45) is 0.873. The number of hydrogen-bond acceptors (Lipinski definition) is 4. The van der Waals surface area contributed by atoms with Crippen molar-refractivity contribution >= 4 is 11.8 Å². The quantitative estimate of drug-likeness (QED) is 0.731. The lowest BCUT2D eigenvalue weighted by molar-refractivity contribution is 0.0846. The van der Waals surface area contributed by atoms with Gasteiger partial charge in [0.05, 0.1) is 13.2 Å². The lowest BCUT2D eigenvalue weighted by atomic mass is 10.1. The maximum absolute atomic E-state index is 12.4. The predicted octanol–water partition coefficient (Wildman–Crippen LogP) is 3.57. The van der Waals surface area contributed by atoms with Crippen LogP contribution in [-0.2, 0) is 0 Å². The fourth-order valence-corrected chi connectivity index (χ4v) is 2.57. The van der Waals surface area contributed by atoms with Crippen LogP contribution in [0.5, 0.6) is 11.5 Å². The highest BCUT2D eigenvalue weighted by Gasteiger charge is 2.14. The minimum atomic E-state index is -0.434. The summed E-state index contributed by atoms with van der Waals surface area (Å²) in [4.78, 5) is 24.7. The van der Waals surface area contributed by atoms with Gasteiger partial charge >= 0.3 is 0 Å². The molecule has 0 saturated carbocycles. The number of rotatable bonds is 7. The van der Waals surface area contributed by atoms with Crippen molar-refractivity contribution < 1.29 is 19.1 Å². The molecule has 2 N–H and O–H groups in total. The maximum atomic E-state index is 12.4. The molecule has 0 spiro atoms. The smallest absolute Gasteiger partial charge is 0.269 e. The Bertz CT molecular complexity index is 818. The molecule has 144 valence electrons. The molecule has 6 nitrogen and oxygen atoms in total. The van der Waals surface area contributed by atoms with Crippen LogP contribution in [0, 0.1) is 13.8 Å². The Balaban J connectivity index is 2.06. The molecular weight excluding hydrogens is 344 g/mol. The van der Waals surface area contributed by atoms with Crippen molar-refractivity contribution in [3.8, 4) is 11.5 Å². The van der Waals surface area contributed by atoms with E-state index in [1.165, 1.54) is 0 Å². The zero-order chi connectivity index (χ0) is 19.8. The fourth-order valence-electron chi connectivity index (χ4n) is 2.57. The van der Waals surface area contributed by atoms with Crippen LogP contribution in [0.1, 0.15) is 52.1 Å². The molecule has 0 bridgehead atoms. The first-order valence-corrected chi connectivity index (χ1v) is 9.03. The van der Waals surface area contributed by atoms with Gasteiger partial charge in [0.1, 0.15) is 0 Å². The molecule has 0 aliphatic heterocycles. The molecule has 0 saturated heterocycles. The second kappa shape index (κ2) is 9.62. The van der Waals surface area contributed by atoms with Gasteiger partial charge in [-0.3, -0.25) is 20.4 Å². The fraction of sp³-hybridized carbons (Fsp3) is 0.333. The van der Waals surface area contributed by atoms with Gasteiger partial charge in [-0.05, 0) is 57.0 Å². The first-order chi connectivity index (χ1) is 13.0. The Kier molecular flexibility index (Phi) is 7.23. The molecular formula is C21H26N2O4. The Morgan fingerprint density at radius 1 is 0.889 bits per heavy atom. The Labute approximate surface area is 159 Å². The van der Waals surface area contributed by atoms with Crippen molar-refractivity contribution in [1.82, 2.24) is 10.9 Å². The van der Waals surface area contributed by atoms with Crippen LogP contribution in [-0.4, -0.2) is 25.0 Å². The number of ether oxygens (including phenoxy) is 2. The van der Waals surface area contributed by atoms with Crippen molar-refractivity contribution in [2.75, 3.05) is 13.2 Å². The van der Waals surface area contributed by atoms with Crippen molar-refractivity contribution in [3.05, 3.63) is 58.7 Å². The highest BCUT2D eigenvalue weighted by atomic mass is 16.5. The standard InChI is InChI=1S/C21H26N2O4/c1-5-11-27-18-10-8-16(13-19(18)26-6-2)20(24)22-23-21(25)17-9-7-14(3)12-15(17)4/h7-10,12-13H,5-6,11H2,1-4H3,(H,22,24)(H,23,25). The summed E-state index contributed by atoms with van der Waals surface area (Å²) in [5.41, 5.74) is 7.68. The minimum Gasteiger partial charge on any atom is -0.490 e. The van der Waals surface area contributed by atoms with Gasteiger partial charge in [0, 0.05) is 11.1 Å². The number of nitrogens with one attached hydrogen (secondary N) is 2. The van der Waals surface area contributed by atoms with E-state index in [4.69, 9.17) is 9.47 Å². The largest absolute Gasteiger partial charge is 0.490 e. The summed E-state index contributed by atoms with van der Waals surface area (Å²) in [6.45, 7) is 8.71. The SMILES string of the molecule is CCCOc1ccc(C(=O)NNC(=O)c2ccc(C)cc2C)cc1OCC. The van der Waals surface area contributed by atoms with Gasteiger partial charge in [-0.1, -0.05) is 24.6 Å². The number of aryl methyl sites for hydroxylation is 2. The van der Waals surface area contributed by atoms with Crippen LogP contribution in [0.2, 0.25) is 0 Å². The van der Waals surface area contributed by atoms with E-state index in [0.717, 1.165) is 17.5 Å². The average molecular weight is 370 g/mol. The molecule has 2 amide bonds. The van der Waals surface area contributed by atoms with Gasteiger partial charge in [0.25, 0.3) is 11.8 Å². The number of hydrazine groups is 1. The van der Waals surface area contributed by atoms with Crippen molar-refractivity contribution in [1.29, 1.82) is 0 Å². The zero-order valence-electron chi connectivity index (χ0n) is 16.2. The molecule has 6 heteroatoms. The third-order valence-electron chi connectivity index (χ3n) is 3.88. The van der Waals surface area contributed by atoms with Crippen LogP contribution in [0.15, 0.2) is 36.4 Å². The third kappa shape index (κ3) is 5.48. The number of carbonyl (C=O) groups excluding carboxylic acids is 2. The number of carbonyl (C=O) groups is 2. The number of amides is 2. The predicted molar refractivity (Wildman–Crippen MR) is 104 cm³/mol. The molecule has 2 aromatic rings. The van der Waals surface area contributed by atoms with Crippen LogP contribution < -0.4 is 20.3 Å². The molecule has 2 aromatic carbocycles. The molecule has 0 unspecified atom stereocenters. The summed E-state index contributed by atoms with van der Waals surface area (Å²) in [5, 5.41) is 0.